The van der Waals surface area contributed by atoms with E-state index in [0.717, 1.165) is 28.4 Å². The van der Waals surface area contributed by atoms with E-state index >= 15 is 4.39 Å². The number of ether oxygens (including phenoxy) is 1. The topological polar surface area (TPSA) is 123 Å². The molecule has 0 aliphatic rings. The van der Waals surface area contributed by atoms with Crippen LogP contribution >= 0.6 is 0 Å². The molecule has 0 aliphatic carbocycles. The van der Waals surface area contributed by atoms with Gasteiger partial charge >= 0.3 is 6.03 Å². The minimum atomic E-state index is -0.703. The number of urea groups is 1. The molecule has 2 aromatic carbocycles. The number of amides is 3. The lowest BCUT2D eigenvalue weighted by Gasteiger charge is -2.14. The number of nitrogens with zero attached hydrogens (tertiary/aromatic N) is 4. The molecule has 0 unspecified atom stereocenters. The molecular formula is C32H32FN7O3. The summed E-state index contributed by atoms with van der Waals surface area (Å²) in [5, 5.41) is 13.8. The van der Waals surface area contributed by atoms with Gasteiger partial charge in [0.2, 0.25) is 0 Å². The number of hydrogen-bond donors (Lipinski definition) is 3. The van der Waals surface area contributed by atoms with Gasteiger partial charge in [0, 0.05) is 47.4 Å². The van der Waals surface area contributed by atoms with Crippen LogP contribution in [0.25, 0.3) is 16.6 Å². The highest BCUT2D eigenvalue weighted by atomic mass is 19.1. The van der Waals surface area contributed by atoms with Crippen LogP contribution in [0.1, 0.15) is 50.8 Å². The first-order chi connectivity index (χ1) is 20.5. The number of carbonyl (C=O) groups excluding carboxylic acids is 2. The fraction of sp³-hybridized carbons (Fsp3) is 0.219. The first kappa shape index (κ1) is 29.2. The molecule has 5 aromatic rings. The van der Waals surface area contributed by atoms with E-state index in [-0.39, 0.29) is 34.5 Å². The largest absolute Gasteiger partial charge is 0.457 e. The van der Waals surface area contributed by atoms with Crippen LogP contribution in [-0.4, -0.2) is 37.7 Å². The number of carbonyl (C=O) groups is 2. The molecule has 10 nitrogen and oxygen atoms in total. The number of anilines is 2. The third kappa shape index (κ3) is 6.95. The van der Waals surface area contributed by atoms with E-state index in [1.165, 1.54) is 24.4 Å². The van der Waals surface area contributed by atoms with Gasteiger partial charge in [0.25, 0.3) is 5.91 Å². The molecule has 3 aromatic heterocycles. The molecule has 0 saturated heterocycles. The van der Waals surface area contributed by atoms with Crippen LogP contribution in [-0.2, 0) is 5.41 Å². The Kier molecular flexibility index (Phi) is 8.07. The van der Waals surface area contributed by atoms with Crippen LogP contribution < -0.4 is 20.7 Å². The second-order valence-electron chi connectivity index (χ2n) is 11.3. The maximum Gasteiger partial charge on any atom is 0.324 e. The number of aromatic nitrogens is 4. The van der Waals surface area contributed by atoms with Gasteiger partial charge in [0.15, 0.2) is 0 Å². The zero-order valence-electron chi connectivity index (χ0n) is 24.5. The zero-order valence-corrected chi connectivity index (χ0v) is 24.5. The van der Waals surface area contributed by atoms with Crippen LogP contribution in [0.3, 0.4) is 0 Å². The van der Waals surface area contributed by atoms with Gasteiger partial charge in [-0.3, -0.25) is 20.1 Å². The van der Waals surface area contributed by atoms with Crippen LogP contribution in [0.15, 0.2) is 79.1 Å². The monoisotopic (exact) mass is 581 g/mol. The van der Waals surface area contributed by atoms with Gasteiger partial charge in [-0.15, -0.1) is 0 Å². The summed E-state index contributed by atoms with van der Waals surface area (Å²) in [5.41, 5.74) is 2.19. The summed E-state index contributed by atoms with van der Waals surface area (Å²) >= 11 is 0. The van der Waals surface area contributed by atoms with Crippen molar-refractivity contribution in [2.75, 3.05) is 10.6 Å². The normalized spacial score (nSPS) is 11.4. The Labute approximate surface area is 248 Å². The number of halogens is 1. The summed E-state index contributed by atoms with van der Waals surface area (Å²) in [6, 6.07) is 17.7. The molecule has 43 heavy (non-hydrogen) atoms. The molecule has 0 atom stereocenters. The number of benzene rings is 2. The van der Waals surface area contributed by atoms with Gasteiger partial charge in [-0.2, -0.15) is 5.10 Å². The van der Waals surface area contributed by atoms with Crippen molar-refractivity contribution in [2.45, 2.75) is 46.1 Å². The molecule has 0 spiro atoms. The fourth-order valence-corrected chi connectivity index (χ4v) is 4.23. The summed E-state index contributed by atoms with van der Waals surface area (Å²) in [5.74, 6) is -0.130. The van der Waals surface area contributed by atoms with Crippen molar-refractivity contribution >= 4 is 34.3 Å². The van der Waals surface area contributed by atoms with Crippen molar-refractivity contribution in [3.05, 3.63) is 96.3 Å². The van der Waals surface area contributed by atoms with E-state index in [2.05, 4.69) is 25.9 Å². The number of nitrogens with one attached hydrogen (secondary N) is 3. The molecule has 3 heterocycles. The highest BCUT2D eigenvalue weighted by Crippen LogP contribution is 2.29. The summed E-state index contributed by atoms with van der Waals surface area (Å²) in [6.07, 6.45) is 3.16. The predicted octanol–water partition coefficient (Wildman–Crippen LogP) is 6.83. The summed E-state index contributed by atoms with van der Waals surface area (Å²) in [4.78, 5) is 33.7. The van der Waals surface area contributed by atoms with Crippen molar-refractivity contribution in [3.63, 3.8) is 0 Å². The maximum atomic E-state index is 15.0. The van der Waals surface area contributed by atoms with Crippen LogP contribution in [0.5, 0.6) is 11.5 Å². The average molecular weight is 582 g/mol. The van der Waals surface area contributed by atoms with Crippen molar-refractivity contribution < 1.29 is 18.7 Å². The van der Waals surface area contributed by atoms with E-state index in [0.29, 0.717) is 11.6 Å². The third-order valence-electron chi connectivity index (χ3n) is 6.36. The summed E-state index contributed by atoms with van der Waals surface area (Å²) < 4.78 is 22.4. The highest BCUT2D eigenvalue weighted by Gasteiger charge is 2.22. The molecule has 0 fully saturated rings. The second kappa shape index (κ2) is 11.9. The Morgan fingerprint density at radius 3 is 2.44 bits per heavy atom. The average Bonchev–Trinajstić information content (AvgIpc) is 3.38. The molecule has 0 aliphatic heterocycles. The van der Waals surface area contributed by atoms with Gasteiger partial charge in [0.1, 0.15) is 28.8 Å². The number of pyridine rings is 2. The Morgan fingerprint density at radius 2 is 1.70 bits per heavy atom. The van der Waals surface area contributed by atoms with E-state index in [4.69, 9.17) is 9.84 Å². The molecule has 220 valence electrons. The standard InChI is InChI=1S/C32H32FN7O3/c1-19(2)36-30(41)27-17-23(12-14-35-27)43-22-9-11-26(24(33)16-22)37-31(42)38-29-18-28(32(3,4)5)39-40(29)21-8-10-25-20(15-21)7-6-13-34-25/h6-19H,1-5H3,(H,36,41)(H2,37,38,42). The molecule has 3 N–H and O–H groups in total. The number of hydrogen-bond acceptors (Lipinski definition) is 6. The van der Waals surface area contributed by atoms with Gasteiger partial charge in [-0.1, -0.05) is 26.8 Å². The minimum Gasteiger partial charge on any atom is -0.457 e. The number of fused-ring (bicyclic) bond motifs is 1. The quantitative estimate of drug-likeness (QED) is 0.194. The van der Waals surface area contributed by atoms with Gasteiger partial charge in [-0.25, -0.2) is 13.9 Å². The van der Waals surface area contributed by atoms with E-state index in [1.807, 2.05) is 65.0 Å². The fourth-order valence-electron chi connectivity index (χ4n) is 4.23. The Hall–Kier alpha value is -5.32. The zero-order chi connectivity index (χ0) is 30.7. The lowest BCUT2D eigenvalue weighted by atomic mass is 9.92. The highest BCUT2D eigenvalue weighted by molar-refractivity contribution is 5.99. The van der Waals surface area contributed by atoms with Gasteiger partial charge < -0.3 is 15.4 Å². The van der Waals surface area contributed by atoms with Crippen molar-refractivity contribution in [1.29, 1.82) is 0 Å². The maximum absolute atomic E-state index is 15.0. The van der Waals surface area contributed by atoms with Crippen LogP contribution in [0.4, 0.5) is 20.7 Å². The van der Waals surface area contributed by atoms with Crippen molar-refractivity contribution in [3.8, 4) is 17.2 Å². The van der Waals surface area contributed by atoms with Gasteiger partial charge in [0.05, 0.1) is 22.6 Å². The van der Waals surface area contributed by atoms with Crippen molar-refractivity contribution in [1.82, 2.24) is 25.1 Å². The predicted molar refractivity (Wildman–Crippen MR) is 164 cm³/mol. The Morgan fingerprint density at radius 1 is 0.907 bits per heavy atom. The first-order valence-corrected chi connectivity index (χ1v) is 13.7. The molecule has 11 heteroatoms. The first-order valence-electron chi connectivity index (χ1n) is 13.7. The van der Waals surface area contributed by atoms with E-state index in [9.17, 15) is 9.59 Å². The van der Waals surface area contributed by atoms with Crippen LogP contribution in [0, 0.1) is 5.82 Å². The van der Waals surface area contributed by atoms with E-state index in [1.54, 1.807) is 23.0 Å². The molecular weight excluding hydrogens is 549 g/mol. The third-order valence-corrected chi connectivity index (χ3v) is 6.36. The van der Waals surface area contributed by atoms with Crippen molar-refractivity contribution in [2.24, 2.45) is 0 Å². The van der Waals surface area contributed by atoms with E-state index < -0.39 is 11.8 Å². The summed E-state index contributed by atoms with van der Waals surface area (Å²) in [6.45, 7) is 9.77. The molecule has 3 amide bonds. The molecule has 0 bridgehead atoms. The second-order valence-corrected chi connectivity index (χ2v) is 11.3. The molecule has 5 rings (SSSR count). The lowest BCUT2D eigenvalue weighted by molar-refractivity contribution is 0.0937. The minimum absolute atomic E-state index is 0.0459. The Bertz CT molecular complexity index is 1810. The van der Waals surface area contributed by atoms with Gasteiger partial charge in [-0.05, 0) is 56.3 Å². The molecule has 0 saturated carbocycles. The lowest BCUT2D eigenvalue weighted by Crippen LogP contribution is -2.30. The molecule has 0 radical (unpaired) electrons. The van der Waals surface area contributed by atoms with Crippen LogP contribution in [0.2, 0.25) is 0 Å². The number of rotatable bonds is 7. The smallest absolute Gasteiger partial charge is 0.324 e. The SMILES string of the molecule is CC(C)NC(=O)c1cc(Oc2ccc(NC(=O)Nc3cc(C(C)(C)C)nn3-c3ccc4ncccc4c3)c(F)c2)ccn1. The Balaban J connectivity index is 1.32. The summed E-state index contributed by atoms with van der Waals surface area (Å²) in [7, 11) is 0.